The Labute approximate surface area is 133 Å². The molecular formula is C19H28NO2+. The van der Waals surface area contributed by atoms with Gasteiger partial charge < -0.3 is 9.22 Å². The number of ether oxygens (including phenoxy) is 1. The van der Waals surface area contributed by atoms with Crippen molar-refractivity contribution < 1.29 is 14.0 Å². The van der Waals surface area contributed by atoms with Gasteiger partial charge in [-0.05, 0) is 44.2 Å². The molecule has 1 aromatic carbocycles. The van der Waals surface area contributed by atoms with E-state index in [0.717, 1.165) is 5.56 Å². The van der Waals surface area contributed by atoms with E-state index in [2.05, 4.69) is 7.05 Å². The van der Waals surface area contributed by atoms with E-state index in [1.54, 1.807) is 0 Å². The van der Waals surface area contributed by atoms with Crippen molar-refractivity contribution in [2.75, 3.05) is 26.7 Å². The van der Waals surface area contributed by atoms with Gasteiger partial charge in [0.15, 0.2) is 0 Å². The molecule has 0 aromatic heterocycles. The molecular weight excluding hydrogens is 274 g/mol. The molecule has 2 aliphatic heterocycles. The molecule has 1 aromatic rings. The number of hydrogen-bond acceptors (Lipinski definition) is 2. The number of rotatable bonds is 3. The molecule has 0 spiro atoms. The van der Waals surface area contributed by atoms with Crippen molar-refractivity contribution in [1.29, 1.82) is 0 Å². The van der Waals surface area contributed by atoms with Crippen molar-refractivity contribution >= 4 is 5.97 Å². The molecule has 120 valence electrons. The largest absolute Gasteiger partial charge is 0.462 e. The summed E-state index contributed by atoms with van der Waals surface area (Å²) in [6, 6.07) is 8.37. The van der Waals surface area contributed by atoms with Gasteiger partial charge >= 0.3 is 5.97 Å². The standard InChI is InChI=1S/C19H28NO2/c1-15-8-3-4-10-17(15)19(21)22-14-16-9-7-13-20(2)12-6-5-11-18(16)20/h3-4,8,10,16,18H,5-7,9,11-14H2,1-2H3/q+1/t16-,18-,20?/m1/s1. The number of aryl methyl sites for hydroxylation is 1. The first-order chi connectivity index (χ1) is 10.6. The summed E-state index contributed by atoms with van der Waals surface area (Å²) < 4.78 is 6.89. The number of hydrogen-bond donors (Lipinski definition) is 0. The van der Waals surface area contributed by atoms with Gasteiger partial charge in [-0.3, -0.25) is 0 Å². The predicted octanol–water partition coefficient (Wildman–Crippen LogP) is 3.56. The topological polar surface area (TPSA) is 26.3 Å². The van der Waals surface area contributed by atoms with E-state index in [-0.39, 0.29) is 5.97 Å². The summed E-state index contributed by atoms with van der Waals surface area (Å²) in [7, 11) is 2.40. The molecule has 3 atom stereocenters. The van der Waals surface area contributed by atoms with E-state index in [0.29, 0.717) is 24.1 Å². The fourth-order valence-corrected chi connectivity index (χ4v) is 4.49. The molecule has 0 bridgehead atoms. The van der Waals surface area contributed by atoms with Crippen LogP contribution in [0.3, 0.4) is 0 Å². The van der Waals surface area contributed by atoms with Gasteiger partial charge in [-0.15, -0.1) is 0 Å². The lowest BCUT2D eigenvalue weighted by Crippen LogP contribution is -2.61. The van der Waals surface area contributed by atoms with Crippen molar-refractivity contribution in [3.8, 4) is 0 Å². The van der Waals surface area contributed by atoms with Gasteiger partial charge in [0.05, 0.1) is 31.7 Å². The van der Waals surface area contributed by atoms with Crippen LogP contribution in [-0.4, -0.2) is 43.2 Å². The van der Waals surface area contributed by atoms with Crippen LogP contribution in [0.1, 0.15) is 48.0 Å². The molecule has 2 saturated heterocycles. The van der Waals surface area contributed by atoms with Crippen LogP contribution in [0.4, 0.5) is 0 Å². The SMILES string of the molecule is Cc1ccccc1C(=O)OC[C@H]1CCC[N+]2(C)CCCC[C@H]12. The first kappa shape index (κ1) is 15.5. The fraction of sp³-hybridized carbons (Fsp3) is 0.632. The van der Waals surface area contributed by atoms with Crippen molar-refractivity contribution in [3.05, 3.63) is 35.4 Å². The Balaban J connectivity index is 1.63. The minimum atomic E-state index is -0.159. The summed E-state index contributed by atoms with van der Waals surface area (Å²) in [5.74, 6) is 0.376. The zero-order chi connectivity index (χ0) is 15.6. The lowest BCUT2D eigenvalue weighted by atomic mass is 9.82. The van der Waals surface area contributed by atoms with E-state index in [4.69, 9.17) is 4.74 Å². The normalized spacial score (nSPS) is 31.4. The molecule has 3 rings (SSSR count). The van der Waals surface area contributed by atoms with Crippen molar-refractivity contribution in [2.45, 2.75) is 45.1 Å². The smallest absolute Gasteiger partial charge is 0.338 e. The highest BCUT2D eigenvalue weighted by molar-refractivity contribution is 5.90. The molecule has 3 heteroatoms. The third-order valence-corrected chi connectivity index (χ3v) is 5.80. The van der Waals surface area contributed by atoms with Crippen molar-refractivity contribution in [2.24, 2.45) is 5.92 Å². The number of benzene rings is 1. The quantitative estimate of drug-likeness (QED) is 0.630. The van der Waals surface area contributed by atoms with Gasteiger partial charge in [-0.2, -0.15) is 0 Å². The maximum Gasteiger partial charge on any atom is 0.338 e. The lowest BCUT2D eigenvalue weighted by molar-refractivity contribution is -0.947. The van der Waals surface area contributed by atoms with Crippen LogP contribution < -0.4 is 0 Å². The summed E-state index contributed by atoms with van der Waals surface area (Å²) in [6.45, 7) is 5.15. The summed E-state index contributed by atoms with van der Waals surface area (Å²) in [6.07, 6.45) is 6.45. The molecule has 0 amide bonds. The fourth-order valence-electron chi connectivity index (χ4n) is 4.49. The van der Waals surface area contributed by atoms with Crippen LogP contribution in [0.2, 0.25) is 0 Å². The monoisotopic (exact) mass is 302 g/mol. The molecule has 0 saturated carbocycles. The molecule has 2 aliphatic rings. The van der Waals surface area contributed by atoms with Crippen LogP contribution in [0.25, 0.3) is 0 Å². The maximum atomic E-state index is 12.3. The van der Waals surface area contributed by atoms with Gasteiger partial charge in [0, 0.05) is 12.3 Å². The number of piperidine rings is 2. The Morgan fingerprint density at radius 3 is 2.77 bits per heavy atom. The Morgan fingerprint density at radius 2 is 1.95 bits per heavy atom. The molecule has 2 fully saturated rings. The third kappa shape index (κ3) is 3.05. The van der Waals surface area contributed by atoms with E-state index in [1.807, 2.05) is 31.2 Å². The number of carbonyl (C=O) groups excluding carboxylic acids is 1. The van der Waals surface area contributed by atoms with Gasteiger partial charge in [-0.1, -0.05) is 18.2 Å². The maximum absolute atomic E-state index is 12.3. The number of nitrogens with zero attached hydrogens (tertiary/aromatic N) is 1. The van der Waals surface area contributed by atoms with Gasteiger partial charge in [0.1, 0.15) is 6.61 Å². The number of carbonyl (C=O) groups is 1. The van der Waals surface area contributed by atoms with E-state index >= 15 is 0 Å². The van der Waals surface area contributed by atoms with Crippen LogP contribution >= 0.6 is 0 Å². The second-order valence-corrected chi connectivity index (χ2v) is 7.31. The summed E-state index contributed by atoms with van der Waals surface area (Å²) in [5, 5.41) is 0. The lowest BCUT2D eigenvalue weighted by Gasteiger charge is -2.51. The summed E-state index contributed by atoms with van der Waals surface area (Å²) in [4.78, 5) is 12.3. The van der Waals surface area contributed by atoms with Crippen LogP contribution in [0.5, 0.6) is 0 Å². The van der Waals surface area contributed by atoms with Gasteiger partial charge in [-0.25, -0.2) is 4.79 Å². The average molecular weight is 302 g/mol. The summed E-state index contributed by atoms with van der Waals surface area (Å²) >= 11 is 0. The van der Waals surface area contributed by atoms with E-state index in [9.17, 15) is 4.79 Å². The molecule has 0 N–H and O–H groups in total. The zero-order valence-electron chi connectivity index (χ0n) is 13.9. The second kappa shape index (κ2) is 6.41. The van der Waals surface area contributed by atoms with Crippen LogP contribution in [0, 0.1) is 12.8 Å². The first-order valence-corrected chi connectivity index (χ1v) is 8.67. The average Bonchev–Trinajstić information content (AvgIpc) is 2.52. The minimum absolute atomic E-state index is 0.159. The minimum Gasteiger partial charge on any atom is -0.462 e. The molecule has 3 nitrogen and oxygen atoms in total. The van der Waals surface area contributed by atoms with Crippen molar-refractivity contribution in [1.82, 2.24) is 0 Å². The molecule has 2 heterocycles. The molecule has 0 aliphatic carbocycles. The predicted molar refractivity (Wildman–Crippen MR) is 87.7 cm³/mol. The van der Waals surface area contributed by atoms with E-state index in [1.165, 1.54) is 49.7 Å². The highest BCUT2D eigenvalue weighted by Gasteiger charge is 2.43. The number of quaternary nitrogens is 1. The van der Waals surface area contributed by atoms with Gasteiger partial charge in [0.2, 0.25) is 0 Å². The molecule has 22 heavy (non-hydrogen) atoms. The molecule has 0 radical (unpaired) electrons. The first-order valence-electron chi connectivity index (χ1n) is 8.67. The number of esters is 1. The van der Waals surface area contributed by atoms with Crippen molar-refractivity contribution in [3.63, 3.8) is 0 Å². The Morgan fingerprint density at radius 1 is 1.18 bits per heavy atom. The zero-order valence-corrected chi connectivity index (χ0v) is 13.9. The third-order valence-electron chi connectivity index (χ3n) is 5.80. The van der Waals surface area contributed by atoms with Gasteiger partial charge in [0.25, 0.3) is 0 Å². The highest BCUT2D eigenvalue weighted by atomic mass is 16.5. The number of fused-ring (bicyclic) bond motifs is 1. The Bertz CT molecular complexity index is 538. The Hall–Kier alpha value is -1.35. The second-order valence-electron chi connectivity index (χ2n) is 7.31. The van der Waals surface area contributed by atoms with E-state index < -0.39 is 0 Å². The van der Waals surface area contributed by atoms with Crippen LogP contribution in [-0.2, 0) is 4.74 Å². The summed E-state index contributed by atoms with van der Waals surface area (Å²) in [5.41, 5.74) is 1.70. The highest BCUT2D eigenvalue weighted by Crippen LogP contribution is 2.36. The molecule has 1 unspecified atom stereocenters. The Kier molecular flexibility index (Phi) is 4.53. The van der Waals surface area contributed by atoms with Crippen LogP contribution in [0.15, 0.2) is 24.3 Å².